The normalized spacial score (nSPS) is 23.6. The molecule has 0 bridgehead atoms. The highest BCUT2D eigenvalue weighted by Gasteiger charge is 2.34. The van der Waals surface area contributed by atoms with Crippen LogP contribution >= 0.6 is 0 Å². The minimum atomic E-state index is -0.430. The number of nitrogens with two attached hydrogens (primary N) is 1. The van der Waals surface area contributed by atoms with Gasteiger partial charge in [-0.25, -0.2) is 0 Å². The fourth-order valence-electron chi connectivity index (χ4n) is 2.02. The van der Waals surface area contributed by atoms with Crippen molar-refractivity contribution in [2.45, 2.75) is 39.7 Å². The van der Waals surface area contributed by atoms with Gasteiger partial charge in [0.2, 0.25) is 5.91 Å². The topological polar surface area (TPSA) is 66.6 Å². The average Bonchev–Trinajstić information content (AvgIpc) is 2.63. The van der Waals surface area contributed by atoms with Gasteiger partial charge < -0.3 is 15.7 Å². The average molecular weight is 228 g/mol. The van der Waals surface area contributed by atoms with Crippen LogP contribution in [0.15, 0.2) is 0 Å². The molecule has 0 aromatic carbocycles. The Kier molecular flexibility index (Phi) is 4.33. The molecule has 16 heavy (non-hydrogen) atoms. The summed E-state index contributed by atoms with van der Waals surface area (Å²) >= 11 is 0. The van der Waals surface area contributed by atoms with Gasteiger partial charge >= 0.3 is 0 Å². The molecule has 1 heterocycles. The minimum Gasteiger partial charge on any atom is -0.396 e. The van der Waals surface area contributed by atoms with Crippen LogP contribution in [0, 0.1) is 11.3 Å². The molecular weight excluding hydrogens is 204 g/mol. The van der Waals surface area contributed by atoms with E-state index in [-0.39, 0.29) is 17.9 Å². The third-order valence-corrected chi connectivity index (χ3v) is 3.33. The summed E-state index contributed by atoms with van der Waals surface area (Å²) in [6.07, 6.45) is 1.78. The van der Waals surface area contributed by atoms with Crippen LogP contribution in [-0.4, -0.2) is 41.7 Å². The van der Waals surface area contributed by atoms with Crippen molar-refractivity contribution < 1.29 is 9.90 Å². The van der Waals surface area contributed by atoms with E-state index >= 15 is 0 Å². The molecular formula is C12H24N2O2. The van der Waals surface area contributed by atoms with Gasteiger partial charge in [-0.2, -0.15) is 0 Å². The van der Waals surface area contributed by atoms with E-state index in [0.29, 0.717) is 5.92 Å². The zero-order valence-corrected chi connectivity index (χ0v) is 10.6. The predicted octanol–water partition coefficient (Wildman–Crippen LogP) is 0.591. The van der Waals surface area contributed by atoms with Crippen molar-refractivity contribution in [3.63, 3.8) is 0 Å². The van der Waals surface area contributed by atoms with Crippen molar-refractivity contribution >= 4 is 5.91 Å². The quantitative estimate of drug-likeness (QED) is 0.743. The Hall–Kier alpha value is -0.610. The first-order valence-electron chi connectivity index (χ1n) is 6.01. The minimum absolute atomic E-state index is 0.0490. The zero-order valence-electron chi connectivity index (χ0n) is 10.6. The van der Waals surface area contributed by atoms with E-state index in [2.05, 4.69) is 0 Å². The predicted molar refractivity (Wildman–Crippen MR) is 63.8 cm³/mol. The van der Waals surface area contributed by atoms with Crippen LogP contribution in [0.25, 0.3) is 0 Å². The Balaban J connectivity index is 2.51. The smallest absolute Gasteiger partial charge is 0.240 e. The Bertz CT molecular complexity index is 248. The Morgan fingerprint density at radius 2 is 2.19 bits per heavy atom. The van der Waals surface area contributed by atoms with Crippen molar-refractivity contribution in [2.75, 3.05) is 19.7 Å². The molecule has 1 amide bonds. The number of aliphatic hydroxyl groups is 1. The number of carbonyl (C=O) groups excluding carboxylic acids is 1. The number of nitrogens with zero attached hydrogens (tertiary/aromatic N) is 1. The fourth-order valence-corrected chi connectivity index (χ4v) is 2.02. The van der Waals surface area contributed by atoms with Gasteiger partial charge in [-0.3, -0.25) is 4.79 Å². The van der Waals surface area contributed by atoms with Gasteiger partial charge in [0.25, 0.3) is 0 Å². The van der Waals surface area contributed by atoms with Gasteiger partial charge in [-0.05, 0) is 24.2 Å². The van der Waals surface area contributed by atoms with Crippen LogP contribution in [0.4, 0.5) is 0 Å². The summed E-state index contributed by atoms with van der Waals surface area (Å²) in [5.74, 6) is 0.494. The second-order valence-corrected chi connectivity index (χ2v) is 5.79. The first-order chi connectivity index (χ1) is 7.36. The number of rotatable bonds is 3. The molecule has 0 spiro atoms. The lowest BCUT2D eigenvalue weighted by atomic mass is 9.86. The fraction of sp³-hybridized carbons (Fsp3) is 0.917. The third-order valence-electron chi connectivity index (χ3n) is 3.33. The lowest BCUT2D eigenvalue weighted by Crippen LogP contribution is -2.49. The second-order valence-electron chi connectivity index (χ2n) is 5.79. The second kappa shape index (κ2) is 5.15. The third kappa shape index (κ3) is 3.19. The van der Waals surface area contributed by atoms with E-state index < -0.39 is 6.04 Å². The lowest BCUT2D eigenvalue weighted by molar-refractivity contribution is -0.134. The van der Waals surface area contributed by atoms with E-state index in [4.69, 9.17) is 10.8 Å². The molecule has 1 rings (SSSR count). The molecule has 0 aromatic heterocycles. The standard InChI is InChI=1S/C12H24N2O2/c1-12(2,3)10(13)11(16)14-6-4-9(8-14)5-7-15/h9-10,15H,4-8,13H2,1-3H3/t9?,10-/m0/s1. The van der Waals surface area contributed by atoms with Gasteiger partial charge in [0.05, 0.1) is 6.04 Å². The molecule has 1 fully saturated rings. The summed E-state index contributed by atoms with van der Waals surface area (Å²) in [7, 11) is 0. The van der Waals surface area contributed by atoms with Gasteiger partial charge in [-0.1, -0.05) is 20.8 Å². The highest BCUT2D eigenvalue weighted by Crippen LogP contribution is 2.24. The van der Waals surface area contributed by atoms with E-state index in [1.54, 1.807) is 0 Å². The highest BCUT2D eigenvalue weighted by atomic mass is 16.3. The number of hydrogen-bond acceptors (Lipinski definition) is 3. The van der Waals surface area contributed by atoms with Crippen molar-refractivity contribution in [3.8, 4) is 0 Å². The summed E-state index contributed by atoms with van der Waals surface area (Å²) in [5, 5.41) is 8.86. The Morgan fingerprint density at radius 3 is 2.69 bits per heavy atom. The molecule has 0 aliphatic carbocycles. The van der Waals surface area contributed by atoms with E-state index in [0.717, 1.165) is 25.9 Å². The summed E-state index contributed by atoms with van der Waals surface area (Å²) in [6.45, 7) is 7.69. The number of aliphatic hydroxyl groups excluding tert-OH is 1. The maximum atomic E-state index is 12.1. The van der Waals surface area contributed by atoms with E-state index in [9.17, 15) is 4.79 Å². The largest absolute Gasteiger partial charge is 0.396 e. The lowest BCUT2D eigenvalue weighted by Gasteiger charge is -2.29. The van der Waals surface area contributed by atoms with Gasteiger partial charge in [0.15, 0.2) is 0 Å². The van der Waals surface area contributed by atoms with Crippen molar-refractivity contribution in [2.24, 2.45) is 17.1 Å². The van der Waals surface area contributed by atoms with Crippen molar-refractivity contribution in [3.05, 3.63) is 0 Å². The molecule has 1 saturated heterocycles. The van der Waals surface area contributed by atoms with Gasteiger partial charge in [-0.15, -0.1) is 0 Å². The molecule has 1 aliphatic heterocycles. The molecule has 3 N–H and O–H groups in total. The molecule has 1 aliphatic rings. The number of hydrogen-bond donors (Lipinski definition) is 2. The summed E-state index contributed by atoms with van der Waals surface area (Å²) in [6, 6.07) is -0.430. The number of carbonyl (C=O) groups is 1. The zero-order chi connectivity index (χ0) is 12.3. The molecule has 2 atom stereocenters. The monoisotopic (exact) mass is 228 g/mol. The van der Waals surface area contributed by atoms with Crippen LogP contribution in [0.5, 0.6) is 0 Å². The van der Waals surface area contributed by atoms with Crippen LogP contribution in [0.1, 0.15) is 33.6 Å². The van der Waals surface area contributed by atoms with Crippen LogP contribution in [0.3, 0.4) is 0 Å². The first kappa shape index (κ1) is 13.5. The van der Waals surface area contributed by atoms with Crippen LogP contribution < -0.4 is 5.73 Å². The van der Waals surface area contributed by atoms with Crippen LogP contribution in [0.2, 0.25) is 0 Å². The summed E-state index contributed by atoms with van der Waals surface area (Å²) in [4.78, 5) is 13.9. The molecule has 1 unspecified atom stereocenters. The maximum absolute atomic E-state index is 12.1. The van der Waals surface area contributed by atoms with Crippen LogP contribution in [-0.2, 0) is 4.79 Å². The molecule has 0 saturated carbocycles. The Morgan fingerprint density at radius 1 is 1.56 bits per heavy atom. The SMILES string of the molecule is CC(C)(C)[C@@H](N)C(=O)N1CCC(CCO)C1. The molecule has 0 radical (unpaired) electrons. The number of likely N-dealkylation sites (tertiary alicyclic amines) is 1. The summed E-state index contributed by atoms with van der Waals surface area (Å²) < 4.78 is 0. The van der Waals surface area contributed by atoms with Gasteiger partial charge in [0, 0.05) is 19.7 Å². The molecule has 0 aromatic rings. The molecule has 4 nitrogen and oxygen atoms in total. The highest BCUT2D eigenvalue weighted by molar-refractivity contribution is 5.82. The van der Waals surface area contributed by atoms with Crippen molar-refractivity contribution in [1.82, 2.24) is 4.90 Å². The maximum Gasteiger partial charge on any atom is 0.240 e. The van der Waals surface area contributed by atoms with E-state index in [1.807, 2.05) is 25.7 Å². The summed E-state index contributed by atoms with van der Waals surface area (Å²) in [5.41, 5.74) is 5.76. The van der Waals surface area contributed by atoms with E-state index in [1.165, 1.54) is 0 Å². The number of amides is 1. The van der Waals surface area contributed by atoms with Crippen molar-refractivity contribution in [1.29, 1.82) is 0 Å². The molecule has 4 heteroatoms. The van der Waals surface area contributed by atoms with Gasteiger partial charge in [0.1, 0.15) is 0 Å². The Labute approximate surface area is 97.8 Å². The molecule has 94 valence electrons. The first-order valence-corrected chi connectivity index (χ1v) is 6.01.